The zero-order chi connectivity index (χ0) is 17.8. The Kier molecular flexibility index (Phi) is 5.74. The van der Waals surface area contributed by atoms with Crippen LogP contribution >= 0.6 is 34.4 Å². The molecule has 1 unspecified atom stereocenters. The molecule has 136 valence electrons. The molecule has 8 heteroatoms. The number of H-pyrrole nitrogens is 1. The van der Waals surface area contributed by atoms with Crippen molar-refractivity contribution < 1.29 is 9.53 Å². The fourth-order valence-corrected chi connectivity index (χ4v) is 4.98. The van der Waals surface area contributed by atoms with Crippen LogP contribution in [0.1, 0.15) is 12.8 Å². The number of hydrogen-bond acceptors (Lipinski definition) is 6. The molecule has 1 fully saturated rings. The first-order valence-corrected chi connectivity index (χ1v) is 11.2. The van der Waals surface area contributed by atoms with Gasteiger partial charge in [-0.1, -0.05) is 23.9 Å². The molecule has 1 saturated heterocycles. The van der Waals surface area contributed by atoms with E-state index in [4.69, 9.17) is 9.72 Å². The number of nitrogens with one attached hydrogen (secondary N) is 2. The minimum absolute atomic E-state index is 0.0113. The number of rotatable bonds is 7. The summed E-state index contributed by atoms with van der Waals surface area (Å²) >= 11 is 4.78. The second-order valence-corrected chi connectivity index (χ2v) is 8.81. The lowest BCUT2D eigenvalue weighted by Gasteiger charge is -2.10. The summed E-state index contributed by atoms with van der Waals surface area (Å²) in [6, 6.07) is 8.21. The molecule has 3 aromatic heterocycles. The highest BCUT2D eigenvalue weighted by Gasteiger charge is 2.18. The van der Waals surface area contributed by atoms with Crippen molar-refractivity contribution in [3.05, 3.63) is 35.0 Å². The topological polar surface area (TPSA) is 67.0 Å². The van der Waals surface area contributed by atoms with Crippen molar-refractivity contribution in [2.75, 3.05) is 18.9 Å². The number of thiophene rings is 2. The highest BCUT2D eigenvalue weighted by atomic mass is 32.2. The minimum atomic E-state index is 0.0113. The predicted octanol–water partition coefficient (Wildman–Crippen LogP) is 4.25. The van der Waals surface area contributed by atoms with Crippen molar-refractivity contribution in [2.24, 2.45) is 0 Å². The normalized spacial score (nSPS) is 16.8. The van der Waals surface area contributed by atoms with E-state index in [1.165, 1.54) is 11.8 Å². The molecule has 0 bridgehead atoms. The highest BCUT2D eigenvalue weighted by Crippen LogP contribution is 2.36. The quantitative estimate of drug-likeness (QED) is 0.577. The van der Waals surface area contributed by atoms with E-state index in [-0.39, 0.29) is 12.0 Å². The molecule has 0 radical (unpaired) electrons. The molecular formula is C18H19N3O2S3. The van der Waals surface area contributed by atoms with E-state index in [9.17, 15) is 4.79 Å². The van der Waals surface area contributed by atoms with Crippen molar-refractivity contribution in [1.29, 1.82) is 0 Å². The summed E-state index contributed by atoms with van der Waals surface area (Å²) in [4.78, 5) is 22.5. The fourth-order valence-electron chi connectivity index (χ4n) is 2.83. The Morgan fingerprint density at radius 2 is 2.12 bits per heavy atom. The van der Waals surface area contributed by atoms with Crippen molar-refractivity contribution >= 4 is 40.3 Å². The largest absolute Gasteiger partial charge is 0.376 e. The van der Waals surface area contributed by atoms with Gasteiger partial charge in [-0.25, -0.2) is 4.98 Å². The van der Waals surface area contributed by atoms with E-state index in [0.29, 0.717) is 12.3 Å². The molecule has 1 amide bonds. The van der Waals surface area contributed by atoms with Crippen LogP contribution in [0.5, 0.6) is 0 Å². The molecule has 26 heavy (non-hydrogen) atoms. The van der Waals surface area contributed by atoms with E-state index < -0.39 is 0 Å². The third-order valence-corrected chi connectivity index (χ3v) is 6.73. The van der Waals surface area contributed by atoms with Crippen LogP contribution in [-0.4, -0.2) is 40.9 Å². The lowest BCUT2D eigenvalue weighted by Crippen LogP contribution is -2.32. The predicted molar refractivity (Wildman–Crippen MR) is 108 cm³/mol. The molecule has 0 aliphatic carbocycles. The van der Waals surface area contributed by atoms with Gasteiger partial charge in [-0.15, -0.1) is 22.7 Å². The summed E-state index contributed by atoms with van der Waals surface area (Å²) in [6.45, 7) is 1.40. The second-order valence-electron chi connectivity index (χ2n) is 5.95. The maximum atomic E-state index is 12.1. The number of hydrogen-bond donors (Lipinski definition) is 2. The van der Waals surface area contributed by atoms with Crippen LogP contribution in [-0.2, 0) is 9.53 Å². The Balaban J connectivity index is 1.42. The first kappa shape index (κ1) is 17.8. The van der Waals surface area contributed by atoms with Crippen LogP contribution in [0.2, 0.25) is 0 Å². The fraction of sp³-hybridized carbons (Fsp3) is 0.333. The Morgan fingerprint density at radius 3 is 2.81 bits per heavy atom. The van der Waals surface area contributed by atoms with Crippen LogP contribution < -0.4 is 5.32 Å². The summed E-state index contributed by atoms with van der Waals surface area (Å²) in [7, 11) is 0. The van der Waals surface area contributed by atoms with Gasteiger partial charge in [-0.05, 0) is 35.7 Å². The van der Waals surface area contributed by atoms with Gasteiger partial charge >= 0.3 is 0 Å². The van der Waals surface area contributed by atoms with Gasteiger partial charge in [0.25, 0.3) is 0 Å². The zero-order valence-corrected chi connectivity index (χ0v) is 16.5. The van der Waals surface area contributed by atoms with Crippen LogP contribution in [0.15, 0.2) is 40.2 Å². The van der Waals surface area contributed by atoms with Gasteiger partial charge in [0.15, 0.2) is 5.16 Å². The van der Waals surface area contributed by atoms with Gasteiger partial charge in [-0.3, -0.25) is 4.79 Å². The van der Waals surface area contributed by atoms with Gasteiger partial charge in [0, 0.05) is 13.2 Å². The number of nitrogens with zero attached hydrogens (tertiary/aromatic N) is 1. The van der Waals surface area contributed by atoms with Crippen molar-refractivity contribution in [3.63, 3.8) is 0 Å². The average molecular weight is 406 g/mol. The Labute approximate surface area is 164 Å². The summed E-state index contributed by atoms with van der Waals surface area (Å²) in [5.41, 5.74) is 1.97. The van der Waals surface area contributed by atoms with Crippen LogP contribution in [0.25, 0.3) is 21.1 Å². The highest BCUT2D eigenvalue weighted by molar-refractivity contribution is 7.99. The van der Waals surface area contributed by atoms with E-state index in [1.54, 1.807) is 22.7 Å². The van der Waals surface area contributed by atoms with Crippen LogP contribution in [0, 0.1) is 0 Å². The first-order chi connectivity index (χ1) is 12.8. The number of imidazole rings is 1. The van der Waals surface area contributed by atoms with Gasteiger partial charge < -0.3 is 15.0 Å². The van der Waals surface area contributed by atoms with Gasteiger partial charge in [0.2, 0.25) is 5.91 Å². The van der Waals surface area contributed by atoms with Gasteiger partial charge in [-0.2, -0.15) is 0 Å². The Morgan fingerprint density at radius 1 is 1.31 bits per heavy atom. The molecule has 3 aromatic rings. The van der Waals surface area contributed by atoms with E-state index in [0.717, 1.165) is 45.7 Å². The summed E-state index contributed by atoms with van der Waals surface area (Å²) in [6.07, 6.45) is 2.28. The SMILES string of the molecule is O=C(CSc1nc(-c2cccs2)c(-c2cccs2)[nH]1)NCC1CCCO1. The molecule has 1 atom stereocenters. The minimum Gasteiger partial charge on any atom is -0.376 e. The Hall–Kier alpha value is -1.61. The molecule has 0 aromatic carbocycles. The maximum Gasteiger partial charge on any atom is 0.230 e. The molecule has 1 aliphatic rings. The molecule has 5 nitrogen and oxygen atoms in total. The standard InChI is InChI=1S/C18H19N3O2S3/c22-15(19-10-12-4-1-7-23-12)11-26-18-20-16(13-5-2-8-24-13)17(21-18)14-6-3-9-25-14/h2-3,5-6,8-9,12H,1,4,7,10-11H2,(H,19,22)(H,20,21). The van der Waals surface area contributed by atoms with Crippen molar-refractivity contribution in [2.45, 2.75) is 24.1 Å². The third kappa shape index (κ3) is 4.20. The Bertz CT molecular complexity index is 786. The third-order valence-electron chi connectivity index (χ3n) is 4.10. The van der Waals surface area contributed by atoms with Crippen LogP contribution in [0.4, 0.5) is 0 Å². The molecule has 2 N–H and O–H groups in total. The average Bonchev–Trinajstić information content (AvgIpc) is 3.44. The summed E-state index contributed by atoms with van der Waals surface area (Å²) < 4.78 is 5.53. The summed E-state index contributed by atoms with van der Waals surface area (Å²) in [5.74, 6) is 0.353. The first-order valence-electron chi connectivity index (χ1n) is 8.48. The number of aromatic nitrogens is 2. The number of ether oxygens (including phenoxy) is 1. The van der Waals surface area contributed by atoms with E-state index in [2.05, 4.69) is 27.8 Å². The van der Waals surface area contributed by atoms with Crippen molar-refractivity contribution in [1.82, 2.24) is 15.3 Å². The number of carbonyl (C=O) groups excluding carboxylic acids is 1. The molecule has 4 rings (SSSR count). The molecule has 0 saturated carbocycles. The van der Waals surface area contributed by atoms with Gasteiger partial charge in [0.1, 0.15) is 5.69 Å². The number of thioether (sulfide) groups is 1. The smallest absolute Gasteiger partial charge is 0.230 e. The second kappa shape index (κ2) is 8.39. The van der Waals surface area contributed by atoms with Crippen molar-refractivity contribution in [3.8, 4) is 21.1 Å². The zero-order valence-electron chi connectivity index (χ0n) is 14.1. The maximum absolute atomic E-state index is 12.1. The number of aromatic amines is 1. The molecule has 4 heterocycles. The summed E-state index contributed by atoms with van der Waals surface area (Å²) in [5, 5.41) is 7.82. The lowest BCUT2D eigenvalue weighted by molar-refractivity contribution is -0.119. The van der Waals surface area contributed by atoms with Crippen LogP contribution in [0.3, 0.4) is 0 Å². The molecular weight excluding hydrogens is 386 g/mol. The van der Waals surface area contributed by atoms with E-state index >= 15 is 0 Å². The molecule has 0 spiro atoms. The lowest BCUT2D eigenvalue weighted by atomic mass is 10.2. The number of carbonyl (C=O) groups is 1. The monoisotopic (exact) mass is 405 g/mol. The molecule has 1 aliphatic heterocycles. The van der Waals surface area contributed by atoms with Gasteiger partial charge in [0.05, 0.1) is 27.3 Å². The number of amides is 1. The van der Waals surface area contributed by atoms with E-state index in [1.807, 2.05) is 17.5 Å².